The summed E-state index contributed by atoms with van der Waals surface area (Å²) in [6, 6.07) is 0. The van der Waals surface area contributed by atoms with Crippen LogP contribution in [0.1, 0.15) is 6.92 Å². The van der Waals surface area contributed by atoms with Crippen LogP contribution in [0.15, 0.2) is 11.8 Å². The highest BCUT2D eigenvalue weighted by Gasteiger charge is 1.78. The van der Waals surface area contributed by atoms with Crippen LogP contribution in [-0.4, -0.2) is 3.72 Å². The summed E-state index contributed by atoms with van der Waals surface area (Å²) in [5.41, 5.74) is 5.89. The average molecular weight is 210 g/mol. The minimum atomic E-state index is 0.470. The predicted molar refractivity (Wildman–Crippen MR) is 39.7 cm³/mol. The van der Waals surface area contributed by atoms with Gasteiger partial charge in [0, 0.05) is 5.70 Å². The van der Waals surface area contributed by atoms with Crippen LogP contribution in [0, 0.1) is 5.41 Å². The Balaban J connectivity index is 3.68. The molecule has 0 aliphatic carbocycles. The molecule has 0 aromatic rings. The predicted octanol–water partition coefficient (Wildman–Crippen LogP) is 1.26. The third kappa shape index (κ3) is 5.94. The Bertz CT molecular complexity index is 102. The molecule has 0 saturated heterocycles. The maximum absolute atomic E-state index is 6.86. The van der Waals surface area contributed by atoms with E-state index in [2.05, 4.69) is 0 Å². The monoisotopic (exact) mass is 210 g/mol. The lowest BCUT2D eigenvalue weighted by atomic mass is 10.5. The second kappa shape index (κ2) is 3.01. The first kappa shape index (κ1) is 6.94. The molecule has 0 atom stereocenters. The van der Waals surface area contributed by atoms with Gasteiger partial charge in [0.2, 0.25) is 0 Å². The lowest BCUT2D eigenvalue weighted by Crippen LogP contribution is -1.91. The smallest absolute Gasteiger partial charge is 0.0936 e. The van der Waals surface area contributed by atoms with Gasteiger partial charge >= 0.3 is 0 Å². The maximum Gasteiger partial charge on any atom is 0.0936 e. The molecule has 0 amide bonds. The molecule has 0 aromatic heterocycles. The van der Waals surface area contributed by atoms with Crippen LogP contribution >= 0.6 is 22.6 Å². The Labute approximate surface area is 56.4 Å². The highest BCUT2D eigenvalue weighted by atomic mass is 127. The van der Waals surface area contributed by atoms with Gasteiger partial charge in [0.1, 0.15) is 0 Å². The second-order valence-corrected chi connectivity index (χ2v) is 2.40. The van der Waals surface area contributed by atoms with Crippen LogP contribution in [0.25, 0.3) is 0 Å². The first-order chi connectivity index (χ1) is 3.13. The fourth-order valence-electron chi connectivity index (χ4n) is 0.200. The van der Waals surface area contributed by atoms with Crippen LogP contribution in [0.5, 0.6) is 0 Å². The highest BCUT2D eigenvalue weighted by molar-refractivity contribution is 14.1. The zero-order chi connectivity index (χ0) is 5.86. The van der Waals surface area contributed by atoms with Gasteiger partial charge in [-0.3, -0.25) is 5.41 Å². The van der Waals surface area contributed by atoms with Crippen molar-refractivity contribution < 1.29 is 0 Å². The van der Waals surface area contributed by atoms with Gasteiger partial charge in [-0.2, -0.15) is 0 Å². The minimum absolute atomic E-state index is 0.470. The van der Waals surface area contributed by atoms with Gasteiger partial charge in [-0.05, 0) is 35.6 Å². The lowest BCUT2D eigenvalue weighted by Gasteiger charge is -1.83. The standard InChI is InChI=1S/C4H7IN2/c1-3(6)2-4(5)7/h2,7H,6H2,1H3/b3-2-,7-4?. The minimum Gasteiger partial charge on any atom is -0.402 e. The molecule has 7 heavy (non-hydrogen) atoms. The average Bonchev–Trinajstić information content (AvgIpc) is 1.27. The van der Waals surface area contributed by atoms with Crippen molar-refractivity contribution in [3.05, 3.63) is 11.8 Å². The number of hydrogen-bond donors (Lipinski definition) is 2. The number of rotatable bonds is 1. The molecule has 3 N–H and O–H groups in total. The molecular weight excluding hydrogens is 203 g/mol. The van der Waals surface area contributed by atoms with Crippen LogP contribution < -0.4 is 5.73 Å². The van der Waals surface area contributed by atoms with Crippen molar-refractivity contribution in [1.82, 2.24) is 0 Å². The van der Waals surface area contributed by atoms with Crippen LogP contribution in [0.3, 0.4) is 0 Å². The van der Waals surface area contributed by atoms with Crippen LogP contribution in [0.4, 0.5) is 0 Å². The molecule has 0 rings (SSSR count). The molecule has 0 saturated carbocycles. The zero-order valence-electron chi connectivity index (χ0n) is 4.03. The highest BCUT2D eigenvalue weighted by Crippen LogP contribution is 1.89. The Kier molecular flexibility index (Phi) is 2.98. The van der Waals surface area contributed by atoms with E-state index >= 15 is 0 Å². The second-order valence-electron chi connectivity index (χ2n) is 1.24. The molecule has 0 aromatic carbocycles. The van der Waals surface area contributed by atoms with Gasteiger partial charge in [-0.1, -0.05) is 0 Å². The topological polar surface area (TPSA) is 49.9 Å². The quantitative estimate of drug-likeness (QED) is 0.496. The van der Waals surface area contributed by atoms with Crippen molar-refractivity contribution >= 4 is 26.3 Å². The number of allylic oxidation sites excluding steroid dienone is 2. The number of halogens is 1. The molecule has 0 bridgehead atoms. The molecule has 0 unspecified atom stereocenters. The third-order valence-electron chi connectivity index (χ3n) is 0.354. The molecule has 0 aliphatic heterocycles. The van der Waals surface area contributed by atoms with Crippen molar-refractivity contribution in [2.45, 2.75) is 6.92 Å². The summed E-state index contributed by atoms with van der Waals surface area (Å²) in [5.74, 6) is 0. The molecule has 2 nitrogen and oxygen atoms in total. The number of nitrogens with two attached hydrogens (primary N) is 1. The summed E-state index contributed by atoms with van der Waals surface area (Å²) < 4.78 is 0.470. The van der Waals surface area contributed by atoms with E-state index in [4.69, 9.17) is 11.1 Å². The fraction of sp³-hybridized carbons (Fsp3) is 0.250. The van der Waals surface area contributed by atoms with Crippen molar-refractivity contribution in [2.75, 3.05) is 0 Å². The van der Waals surface area contributed by atoms with E-state index in [1.54, 1.807) is 13.0 Å². The van der Waals surface area contributed by atoms with Gasteiger partial charge in [-0.15, -0.1) is 0 Å². The van der Waals surface area contributed by atoms with Gasteiger partial charge in [0.15, 0.2) is 0 Å². The van der Waals surface area contributed by atoms with Gasteiger partial charge < -0.3 is 5.73 Å². The molecule has 0 radical (unpaired) electrons. The fourth-order valence-corrected chi connectivity index (χ4v) is 0.691. The summed E-state index contributed by atoms with van der Waals surface area (Å²) in [7, 11) is 0. The number of nitrogens with one attached hydrogen (secondary N) is 1. The van der Waals surface area contributed by atoms with E-state index in [1.165, 1.54) is 0 Å². The normalized spacial score (nSPS) is 11.4. The van der Waals surface area contributed by atoms with Gasteiger partial charge in [-0.25, -0.2) is 0 Å². The molecule has 0 heterocycles. The zero-order valence-corrected chi connectivity index (χ0v) is 6.19. The third-order valence-corrected chi connectivity index (χ3v) is 0.666. The lowest BCUT2D eigenvalue weighted by molar-refractivity contribution is 1.32. The van der Waals surface area contributed by atoms with Gasteiger partial charge in [0.05, 0.1) is 3.72 Å². The first-order valence-corrected chi connectivity index (χ1v) is 2.88. The van der Waals surface area contributed by atoms with E-state index in [0.29, 0.717) is 9.42 Å². The summed E-state index contributed by atoms with van der Waals surface area (Å²) in [4.78, 5) is 0. The first-order valence-electron chi connectivity index (χ1n) is 1.81. The Morgan fingerprint density at radius 1 is 1.86 bits per heavy atom. The van der Waals surface area contributed by atoms with Gasteiger partial charge in [0.25, 0.3) is 0 Å². The van der Waals surface area contributed by atoms with E-state index in [1.807, 2.05) is 22.6 Å². The van der Waals surface area contributed by atoms with Crippen molar-refractivity contribution in [3.63, 3.8) is 0 Å². The summed E-state index contributed by atoms with van der Waals surface area (Å²) in [5, 5.41) is 6.86. The molecule has 0 spiro atoms. The van der Waals surface area contributed by atoms with Crippen molar-refractivity contribution in [3.8, 4) is 0 Å². The molecule has 0 aliphatic rings. The Morgan fingerprint density at radius 3 is 2.29 bits per heavy atom. The van der Waals surface area contributed by atoms with E-state index in [-0.39, 0.29) is 0 Å². The molecule has 3 heteroatoms. The van der Waals surface area contributed by atoms with E-state index in [9.17, 15) is 0 Å². The molecule has 0 fully saturated rings. The SMILES string of the molecule is C/C(N)=C/C(=N)I. The Morgan fingerprint density at radius 2 is 2.29 bits per heavy atom. The van der Waals surface area contributed by atoms with Crippen molar-refractivity contribution in [1.29, 1.82) is 5.41 Å². The van der Waals surface area contributed by atoms with Crippen LogP contribution in [-0.2, 0) is 0 Å². The van der Waals surface area contributed by atoms with E-state index < -0.39 is 0 Å². The van der Waals surface area contributed by atoms with Crippen molar-refractivity contribution in [2.24, 2.45) is 5.73 Å². The largest absolute Gasteiger partial charge is 0.402 e. The maximum atomic E-state index is 6.86. The Hall–Kier alpha value is -0.0600. The van der Waals surface area contributed by atoms with E-state index in [0.717, 1.165) is 0 Å². The summed E-state index contributed by atoms with van der Waals surface area (Å²) >= 11 is 1.88. The summed E-state index contributed by atoms with van der Waals surface area (Å²) in [6.45, 7) is 1.76. The molecule has 40 valence electrons. The van der Waals surface area contributed by atoms with Crippen LogP contribution in [0.2, 0.25) is 0 Å². The molecular formula is C4H7IN2. The summed E-state index contributed by atoms with van der Waals surface area (Å²) in [6.07, 6.45) is 1.60. The number of hydrogen-bond acceptors (Lipinski definition) is 2.